The Kier molecular flexibility index (Phi) is 14.4. The Bertz CT molecular complexity index is 1670. The summed E-state index contributed by atoms with van der Waals surface area (Å²) in [6, 6.07) is 7.03. The number of ether oxygens (including phenoxy) is 4. The number of carbonyl (C=O) groups is 2. The van der Waals surface area contributed by atoms with Gasteiger partial charge in [0.25, 0.3) is 0 Å². The normalized spacial score (nSPS) is 18.2. The van der Waals surface area contributed by atoms with E-state index < -0.39 is 34.5 Å². The number of nitrogens with zero attached hydrogens (tertiary/aromatic N) is 4. The van der Waals surface area contributed by atoms with Gasteiger partial charge in [-0.2, -0.15) is 0 Å². The fourth-order valence-corrected chi connectivity index (χ4v) is 5.59. The molecule has 2 aliphatic carbocycles. The molecule has 15 heteroatoms. The summed E-state index contributed by atoms with van der Waals surface area (Å²) in [5.74, 6) is 10.4. The Hall–Kier alpha value is -3.65. The molecule has 0 spiro atoms. The van der Waals surface area contributed by atoms with Crippen molar-refractivity contribution in [1.29, 1.82) is 0 Å². The molecule has 6 rings (SSSR count). The third-order valence-electron chi connectivity index (χ3n) is 7.88. The second-order valence-electron chi connectivity index (χ2n) is 15.0. The van der Waals surface area contributed by atoms with Crippen LogP contribution in [0.4, 0.5) is 21.2 Å². The van der Waals surface area contributed by atoms with E-state index in [-0.39, 0.29) is 0 Å². The number of hydrogen-bond donors (Lipinski definition) is 2. The van der Waals surface area contributed by atoms with Crippen LogP contribution in [0.3, 0.4) is 0 Å². The summed E-state index contributed by atoms with van der Waals surface area (Å²) in [5.41, 5.74) is -1.34. The van der Waals surface area contributed by atoms with E-state index in [1.807, 2.05) is 53.7 Å². The topological polar surface area (TPSA) is 127 Å². The van der Waals surface area contributed by atoms with Crippen LogP contribution in [-0.4, -0.2) is 97.0 Å². The van der Waals surface area contributed by atoms with Crippen LogP contribution in [0, 0.1) is 24.2 Å². The van der Waals surface area contributed by atoms with Gasteiger partial charge in [0, 0.05) is 36.2 Å². The molecule has 12 nitrogen and oxygen atoms in total. The molecule has 2 amide bonds. The molecule has 2 saturated heterocycles. The molecule has 288 valence electrons. The number of nitrogens with one attached hydrogen (secondary N) is 2. The lowest BCUT2D eigenvalue weighted by atomic mass is 10.2. The Morgan fingerprint density at radius 2 is 1.17 bits per heavy atom. The maximum atomic E-state index is 12.0. The Morgan fingerprint density at radius 3 is 1.58 bits per heavy atom. The zero-order valence-corrected chi connectivity index (χ0v) is 33.5. The summed E-state index contributed by atoms with van der Waals surface area (Å²) in [4.78, 5) is 36.3. The number of aromatic nitrogens is 2. The molecule has 2 aromatic heterocycles. The smallest absolute Gasteiger partial charge is 0.408 e. The quantitative estimate of drug-likeness (QED) is 0.250. The number of morpholine rings is 2. The molecule has 2 aromatic rings. The van der Waals surface area contributed by atoms with Crippen molar-refractivity contribution in [1.82, 2.24) is 20.6 Å². The highest BCUT2D eigenvalue weighted by Crippen LogP contribution is 2.35. The number of pyridine rings is 2. The number of anilines is 2. The number of amides is 2. The Balaban J connectivity index is 0.000000196. The first-order valence-electron chi connectivity index (χ1n) is 17.6. The van der Waals surface area contributed by atoms with Gasteiger partial charge in [0.2, 0.25) is 0 Å². The zero-order valence-electron chi connectivity index (χ0n) is 31.2. The van der Waals surface area contributed by atoms with Crippen molar-refractivity contribution in [3.8, 4) is 24.2 Å². The second kappa shape index (κ2) is 18.1. The number of halogens is 3. The van der Waals surface area contributed by atoms with Crippen LogP contribution in [0.5, 0.6) is 0 Å². The van der Waals surface area contributed by atoms with Crippen LogP contribution in [-0.2, 0) is 18.9 Å². The van der Waals surface area contributed by atoms with E-state index >= 15 is 0 Å². The van der Waals surface area contributed by atoms with Gasteiger partial charge in [-0.1, -0.05) is 46.6 Å². The molecule has 0 radical (unpaired) electrons. The van der Waals surface area contributed by atoms with E-state index in [4.69, 9.17) is 60.2 Å². The molecular formula is C38H49Cl3N6O6. The highest BCUT2D eigenvalue weighted by molar-refractivity contribution is 6.34. The van der Waals surface area contributed by atoms with Gasteiger partial charge in [0.05, 0.1) is 26.4 Å². The van der Waals surface area contributed by atoms with Crippen molar-refractivity contribution >= 4 is 58.6 Å². The Morgan fingerprint density at radius 1 is 0.736 bits per heavy atom. The monoisotopic (exact) mass is 790 g/mol. The average molecular weight is 792 g/mol. The maximum absolute atomic E-state index is 12.0. The fourth-order valence-electron chi connectivity index (χ4n) is 4.93. The lowest BCUT2D eigenvalue weighted by molar-refractivity contribution is 0.0498. The first-order chi connectivity index (χ1) is 24.9. The van der Waals surface area contributed by atoms with E-state index in [0.717, 1.165) is 76.7 Å². The molecule has 2 aliphatic heterocycles. The van der Waals surface area contributed by atoms with Crippen LogP contribution < -0.4 is 20.4 Å². The molecule has 53 heavy (non-hydrogen) atoms. The van der Waals surface area contributed by atoms with E-state index in [1.54, 1.807) is 12.1 Å². The highest BCUT2D eigenvalue weighted by atomic mass is 35.5. The van der Waals surface area contributed by atoms with E-state index in [2.05, 4.69) is 48.2 Å². The Labute approximate surface area is 327 Å². The van der Waals surface area contributed by atoms with Crippen molar-refractivity contribution in [3.63, 3.8) is 0 Å². The largest absolute Gasteiger partial charge is 0.444 e. The number of terminal acetylenes is 1. The fraction of sp³-hybridized carbons (Fsp3) is 0.579. The zero-order chi connectivity index (χ0) is 38.9. The maximum Gasteiger partial charge on any atom is 0.408 e. The summed E-state index contributed by atoms with van der Waals surface area (Å²) in [7, 11) is 0. The van der Waals surface area contributed by atoms with Gasteiger partial charge in [-0.15, -0.1) is 6.42 Å². The van der Waals surface area contributed by atoms with Crippen LogP contribution in [0.1, 0.15) is 72.9 Å². The molecule has 0 atom stereocenters. The lowest BCUT2D eigenvalue weighted by Gasteiger charge is -2.28. The average Bonchev–Trinajstić information content (AvgIpc) is 4.01. The minimum Gasteiger partial charge on any atom is -0.444 e. The molecular weight excluding hydrogens is 743 g/mol. The minimum atomic E-state index is -0.533. The minimum absolute atomic E-state index is 0.414. The standard InChI is InChI=1S/C19H24ClN3O3.C10H15NO2.C9H10Cl2N2O/c1-18(2,3)26-17(24)22-19(6-7-19)5-4-15-12-14(20)13-16(21-15)23-8-10-25-11-9-23;1-5-10(6-7-10)11-8(12)13-9(2,3)4;10-7-5-8(11)12-9(6-7)13-1-3-14-4-2-13/h12-13H,6-11H2,1-3H3,(H,22,24);1H,6-7H2,2-4H3,(H,11,12);5-6H,1-4H2. The van der Waals surface area contributed by atoms with Crippen molar-refractivity contribution < 1.29 is 28.5 Å². The molecule has 2 saturated carbocycles. The van der Waals surface area contributed by atoms with Crippen LogP contribution in [0.2, 0.25) is 15.2 Å². The van der Waals surface area contributed by atoms with Crippen LogP contribution in [0.25, 0.3) is 0 Å². The molecule has 4 fully saturated rings. The van der Waals surface area contributed by atoms with E-state index in [9.17, 15) is 9.59 Å². The summed E-state index contributed by atoms with van der Waals surface area (Å²) in [6.07, 6.45) is 7.69. The van der Waals surface area contributed by atoms with Gasteiger partial charge in [0.1, 0.15) is 44.8 Å². The van der Waals surface area contributed by atoms with Gasteiger partial charge in [-0.3, -0.25) is 0 Å². The summed E-state index contributed by atoms with van der Waals surface area (Å²) in [6.45, 7) is 17.0. The highest BCUT2D eigenvalue weighted by Gasteiger charge is 2.44. The van der Waals surface area contributed by atoms with Gasteiger partial charge < -0.3 is 39.4 Å². The summed E-state index contributed by atoms with van der Waals surface area (Å²) >= 11 is 17.9. The van der Waals surface area contributed by atoms with Gasteiger partial charge >= 0.3 is 12.2 Å². The van der Waals surface area contributed by atoms with E-state index in [1.165, 1.54) is 0 Å². The number of carbonyl (C=O) groups excluding carboxylic acids is 2. The van der Waals surface area contributed by atoms with Crippen molar-refractivity contribution in [2.75, 3.05) is 62.4 Å². The molecule has 4 heterocycles. The molecule has 4 aliphatic rings. The van der Waals surface area contributed by atoms with E-state index in [0.29, 0.717) is 34.1 Å². The summed E-state index contributed by atoms with van der Waals surface area (Å²) in [5, 5.41) is 7.18. The SMILES string of the molecule is C#CC1(NC(=O)OC(C)(C)C)CC1.CC(C)(C)OC(=O)NC1(C#Cc2cc(Cl)cc(N3CCOCC3)n2)CC1.Clc1cc(Cl)nc(N2CCOCC2)c1. The van der Waals surface area contributed by atoms with Gasteiger partial charge in [-0.25, -0.2) is 19.6 Å². The summed E-state index contributed by atoms with van der Waals surface area (Å²) < 4.78 is 21.0. The van der Waals surface area contributed by atoms with Gasteiger partial charge in [0.15, 0.2) is 0 Å². The number of hydrogen-bond acceptors (Lipinski definition) is 10. The van der Waals surface area contributed by atoms with Gasteiger partial charge in [-0.05, 0) is 97.4 Å². The number of alkyl carbamates (subject to hydrolysis) is 2. The molecule has 2 N–H and O–H groups in total. The third-order valence-corrected chi connectivity index (χ3v) is 8.51. The predicted molar refractivity (Wildman–Crippen MR) is 208 cm³/mol. The lowest BCUT2D eigenvalue weighted by Crippen LogP contribution is -2.40. The van der Waals surface area contributed by atoms with Crippen molar-refractivity contribution in [2.45, 2.75) is 89.5 Å². The van der Waals surface area contributed by atoms with Crippen molar-refractivity contribution in [3.05, 3.63) is 45.2 Å². The first-order valence-corrected chi connectivity index (χ1v) is 18.7. The van der Waals surface area contributed by atoms with Crippen LogP contribution in [0.15, 0.2) is 24.3 Å². The predicted octanol–water partition coefficient (Wildman–Crippen LogP) is 6.88. The first kappa shape index (κ1) is 42.1. The number of rotatable bonds is 4. The van der Waals surface area contributed by atoms with Crippen molar-refractivity contribution in [2.24, 2.45) is 0 Å². The molecule has 0 bridgehead atoms. The van der Waals surface area contributed by atoms with Crippen LogP contribution >= 0.6 is 34.8 Å². The molecule has 0 aromatic carbocycles. The third kappa shape index (κ3) is 15.0. The molecule has 0 unspecified atom stereocenters. The second-order valence-corrected chi connectivity index (χ2v) is 16.3.